The molecule has 3 nitrogen and oxygen atoms in total. The van der Waals surface area contributed by atoms with Crippen LogP contribution in [0.1, 0.15) is 37.5 Å². The fourth-order valence-corrected chi connectivity index (χ4v) is 4.83. The molecule has 0 spiro atoms. The largest absolute Gasteiger partial charge is 0.325 e. The van der Waals surface area contributed by atoms with Crippen molar-refractivity contribution in [1.29, 1.82) is 0 Å². The summed E-state index contributed by atoms with van der Waals surface area (Å²) in [6.45, 7) is 13.4. The molecule has 3 aromatic carbocycles. The SMILES string of the molecule is CC[N+](C)(C)Cc1ccccc1Br.CC[N+](C)(C)Cc1ccccc1Br.CC[N+](C)(C)Cc1ccccc1Br. The van der Waals surface area contributed by atoms with Gasteiger partial charge in [-0.15, -0.1) is 0 Å². The van der Waals surface area contributed by atoms with Gasteiger partial charge in [-0.25, -0.2) is 0 Å². The van der Waals surface area contributed by atoms with Gasteiger partial charge < -0.3 is 13.4 Å². The van der Waals surface area contributed by atoms with Crippen molar-refractivity contribution in [2.45, 2.75) is 40.4 Å². The first kappa shape index (κ1) is 36.0. The summed E-state index contributed by atoms with van der Waals surface area (Å²) in [4.78, 5) is 0. The van der Waals surface area contributed by atoms with E-state index >= 15 is 0 Å². The van der Waals surface area contributed by atoms with Crippen molar-refractivity contribution in [2.75, 3.05) is 61.9 Å². The minimum atomic E-state index is 1.03. The van der Waals surface area contributed by atoms with Gasteiger partial charge in [-0.3, -0.25) is 0 Å². The minimum absolute atomic E-state index is 1.03. The van der Waals surface area contributed by atoms with Gasteiger partial charge in [0.1, 0.15) is 19.6 Å². The Hall–Kier alpha value is -1.02. The molecule has 6 heteroatoms. The monoisotopic (exact) mass is 726 g/mol. The van der Waals surface area contributed by atoms with Crippen molar-refractivity contribution < 1.29 is 13.4 Å². The lowest BCUT2D eigenvalue weighted by Crippen LogP contribution is -2.38. The van der Waals surface area contributed by atoms with Crippen molar-refractivity contribution in [3.8, 4) is 0 Å². The molecule has 0 fully saturated rings. The van der Waals surface area contributed by atoms with Crippen LogP contribution in [0.4, 0.5) is 0 Å². The molecule has 0 radical (unpaired) electrons. The van der Waals surface area contributed by atoms with E-state index in [2.05, 4.69) is 184 Å². The lowest BCUT2D eigenvalue weighted by atomic mass is 10.2. The quantitative estimate of drug-likeness (QED) is 0.193. The van der Waals surface area contributed by atoms with Crippen LogP contribution in [-0.2, 0) is 19.6 Å². The lowest BCUT2D eigenvalue weighted by Gasteiger charge is -2.28. The maximum absolute atomic E-state index is 3.57. The van der Waals surface area contributed by atoms with E-state index in [4.69, 9.17) is 0 Å². The van der Waals surface area contributed by atoms with Crippen LogP contribution in [0.3, 0.4) is 0 Å². The second kappa shape index (κ2) is 17.1. The molecule has 0 unspecified atom stereocenters. The molecule has 0 amide bonds. The third-order valence-electron chi connectivity index (χ3n) is 7.24. The fraction of sp³-hybridized carbons (Fsp3) is 0.455. The van der Waals surface area contributed by atoms with Crippen molar-refractivity contribution >= 4 is 47.8 Å². The van der Waals surface area contributed by atoms with Gasteiger partial charge in [-0.2, -0.15) is 0 Å². The van der Waals surface area contributed by atoms with Crippen molar-refractivity contribution in [2.24, 2.45) is 0 Å². The van der Waals surface area contributed by atoms with Crippen LogP contribution in [0.5, 0.6) is 0 Å². The van der Waals surface area contributed by atoms with E-state index in [0.717, 1.165) is 52.7 Å². The summed E-state index contributed by atoms with van der Waals surface area (Å²) in [6.07, 6.45) is 0. The first-order valence-electron chi connectivity index (χ1n) is 13.8. The molecule has 0 bridgehead atoms. The molecule has 0 atom stereocenters. The molecular weight excluding hydrogens is 678 g/mol. The molecule has 0 saturated heterocycles. The number of halogens is 3. The van der Waals surface area contributed by atoms with E-state index in [1.807, 2.05) is 0 Å². The van der Waals surface area contributed by atoms with Gasteiger partial charge in [0, 0.05) is 30.1 Å². The summed E-state index contributed by atoms with van der Waals surface area (Å²) in [5.74, 6) is 0. The fourth-order valence-electron chi connectivity index (χ4n) is 3.60. The Morgan fingerprint density at radius 2 is 0.615 bits per heavy atom. The van der Waals surface area contributed by atoms with E-state index in [1.165, 1.54) is 30.1 Å². The Labute approximate surface area is 265 Å². The van der Waals surface area contributed by atoms with E-state index < -0.39 is 0 Å². The van der Waals surface area contributed by atoms with Crippen LogP contribution >= 0.6 is 47.8 Å². The Balaban J connectivity index is 0.000000292. The molecule has 216 valence electrons. The number of benzene rings is 3. The van der Waals surface area contributed by atoms with Gasteiger partial charge in [0.15, 0.2) is 0 Å². The van der Waals surface area contributed by atoms with Gasteiger partial charge in [-0.1, -0.05) is 102 Å². The number of rotatable bonds is 9. The average Bonchev–Trinajstić information content (AvgIpc) is 2.89. The third-order valence-corrected chi connectivity index (χ3v) is 9.56. The minimum Gasteiger partial charge on any atom is -0.325 e. The highest BCUT2D eigenvalue weighted by Crippen LogP contribution is 2.21. The second-order valence-electron chi connectivity index (χ2n) is 12.0. The number of hydrogen-bond donors (Lipinski definition) is 0. The third kappa shape index (κ3) is 14.4. The van der Waals surface area contributed by atoms with Gasteiger partial charge >= 0.3 is 0 Å². The van der Waals surface area contributed by atoms with Crippen LogP contribution in [0.25, 0.3) is 0 Å². The number of quaternary nitrogens is 3. The molecule has 0 aliphatic rings. The molecule has 3 aromatic rings. The zero-order valence-electron chi connectivity index (χ0n) is 25.6. The molecule has 0 aromatic heterocycles. The standard InChI is InChI=1S/3C11H17BrN/c3*1-4-13(2,3)9-10-7-5-6-8-11(10)12/h3*5-8H,4,9H2,1-3H3/q3*+1. The molecule has 0 saturated carbocycles. The highest BCUT2D eigenvalue weighted by Gasteiger charge is 2.15. The highest BCUT2D eigenvalue weighted by atomic mass is 79.9. The van der Waals surface area contributed by atoms with Crippen LogP contribution in [0, 0.1) is 0 Å². The van der Waals surface area contributed by atoms with Crippen molar-refractivity contribution in [1.82, 2.24) is 0 Å². The molecule has 0 heterocycles. The summed E-state index contributed by atoms with van der Waals surface area (Å²) < 4.78 is 6.74. The van der Waals surface area contributed by atoms with E-state index in [-0.39, 0.29) is 0 Å². The van der Waals surface area contributed by atoms with Gasteiger partial charge in [0.05, 0.1) is 61.9 Å². The molecule has 0 N–H and O–H groups in total. The van der Waals surface area contributed by atoms with E-state index in [1.54, 1.807) is 0 Å². The molecule has 39 heavy (non-hydrogen) atoms. The zero-order chi connectivity index (χ0) is 29.7. The van der Waals surface area contributed by atoms with Crippen LogP contribution in [-0.4, -0.2) is 75.4 Å². The molecular formula is C33H51Br3N3+3. The van der Waals surface area contributed by atoms with E-state index in [9.17, 15) is 0 Å². The topological polar surface area (TPSA) is 0 Å². The molecule has 0 aliphatic carbocycles. The van der Waals surface area contributed by atoms with Gasteiger partial charge in [-0.05, 0) is 39.0 Å². The smallest absolute Gasteiger partial charge is 0.105 e. The maximum Gasteiger partial charge on any atom is 0.105 e. The van der Waals surface area contributed by atoms with Crippen LogP contribution in [0.2, 0.25) is 0 Å². The molecule has 3 rings (SSSR count). The van der Waals surface area contributed by atoms with E-state index in [0.29, 0.717) is 0 Å². The Morgan fingerprint density at radius 1 is 0.410 bits per heavy atom. The zero-order valence-corrected chi connectivity index (χ0v) is 30.4. The predicted molar refractivity (Wildman–Crippen MR) is 181 cm³/mol. The van der Waals surface area contributed by atoms with Crippen LogP contribution < -0.4 is 0 Å². The maximum atomic E-state index is 3.57. The molecule has 0 aliphatic heterocycles. The summed E-state index contributed by atoms with van der Waals surface area (Å²) >= 11 is 10.7. The number of nitrogens with zero attached hydrogens (tertiary/aromatic N) is 3. The Morgan fingerprint density at radius 3 is 0.795 bits per heavy atom. The average molecular weight is 730 g/mol. The normalized spacial score (nSPS) is 11.7. The lowest BCUT2D eigenvalue weighted by molar-refractivity contribution is -0.901. The highest BCUT2D eigenvalue weighted by molar-refractivity contribution is 9.11. The van der Waals surface area contributed by atoms with Crippen LogP contribution in [0.15, 0.2) is 86.2 Å². The Bertz CT molecular complexity index is 985. The summed E-state index contributed by atoms with van der Waals surface area (Å²) in [7, 11) is 13.5. The second-order valence-corrected chi connectivity index (χ2v) is 14.6. The summed E-state index contributed by atoms with van der Waals surface area (Å²) in [5, 5.41) is 0. The number of hydrogen-bond acceptors (Lipinski definition) is 0. The first-order chi connectivity index (χ1) is 18.1. The first-order valence-corrected chi connectivity index (χ1v) is 16.2. The summed E-state index contributed by atoms with van der Waals surface area (Å²) in [6, 6.07) is 25.3. The Kier molecular flexibility index (Phi) is 15.7. The van der Waals surface area contributed by atoms with Gasteiger partial charge in [0.2, 0.25) is 0 Å². The predicted octanol–water partition coefficient (Wildman–Crippen LogP) is 9.14. The van der Waals surface area contributed by atoms with Crippen molar-refractivity contribution in [3.63, 3.8) is 0 Å². The van der Waals surface area contributed by atoms with Gasteiger partial charge in [0.25, 0.3) is 0 Å². The summed E-state index contributed by atoms with van der Waals surface area (Å²) in [5.41, 5.74) is 4.15. The van der Waals surface area contributed by atoms with Crippen molar-refractivity contribution in [3.05, 3.63) is 103 Å².